The lowest BCUT2D eigenvalue weighted by atomic mass is 10.3. The van der Waals surface area contributed by atoms with Crippen LogP contribution in [0.3, 0.4) is 0 Å². The van der Waals surface area contributed by atoms with Gasteiger partial charge in [-0.25, -0.2) is 9.37 Å². The molecule has 0 amide bonds. The van der Waals surface area contributed by atoms with Gasteiger partial charge < -0.3 is 4.98 Å². The van der Waals surface area contributed by atoms with Crippen LogP contribution in [0.4, 0.5) is 13.2 Å². The summed E-state index contributed by atoms with van der Waals surface area (Å²) in [6.07, 6.45) is 0. The molecule has 1 heterocycles. The standard InChI is InChI=1S/C9H6ClF3N2S/c10-7(11)9(12,13)16-8-14-5-3-1-2-4-6(5)15-8/h1-4,7H,(H,14,15). The lowest BCUT2D eigenvalue weighted by molar-refractivity contribution is 0.0534. The van der Waals surface area contributed by atoms with Crippen molar-refractivity contribution in [3.63, 3.8) is 0 Å². The fourth-order valence-electron chi connectivity index (χ4n) is 1.15. The summed E-state index contributed by atoms with van der Waals surface area (Å²) in [7, 11) is 0. The number of rotatable bonds is 3. The van der Waals surface area contributed by atoms with Crippen molar-refractivity contribution in [3.05, 3.63) is 24.3 Å². The van der Waals surface area contributed by atoms with Crippen LogP contribution in [0.5, 0.6) is 0 Å². The van der Waals surface area contributed by atoms with Crippen LogP contribution in [0, 0.1) is 0 Å². The molecule has 0 aliphatic rings. The van der Waals surface area contributed by atoms with Gasteiger partial charge in [-0.05, 0) is 23.9 Å². The van der Waals surface area contributed by atoms with Gasteiger partial charge in [-0.2, -0.15) is 8.78 Å². The molecule has 0 aliphatic carbocycles. The van der Waals surface area contributed by atoms with Gasteiger partial charge in [0.25, 0.3) is 0 Å². The summed E-state index contributed by atoms with van der Waals surface area (Å²) in [5, 5.41) is -3.76. The third-order valence-electron chi connectivity index (χ3n) is 1.85. The molecule has 2 aromatic rings. The van der Waals surface area contributed by atoms with Crippen molar-refractivity contribution in [2.75, 3.05) is 0 Å². The molecule has 0 aliphatic heterocycles. The number of benzene rings is 1. The van der Waals surface area contributed by atoms with E-state index in [0.29, 0.717) is 11.0 Å². The first-order valence-electron chi connectivity index (χ1n) is 4.29. The molecule has 0 saturated heterocycles. The number of aromatic amines is 1. The number of H-pyrrole nitrogens is 1. The maximum absolute atomic E-state index is 13.0. The lowest BCUT2D eigenvalue weighted by Gasteiger charge is -2.12. The van der Waals surface area contributed by atoms with Crippen molar-refractivity contribution in [1.29, 1.82) is 0 Å². The van der Waals surface area contributed by atoms with E-state index in [-0.39, 0.29) is 16.9 Å². The lowest BCUT2D eigenvalue weighted by Crippen LogP contribution is -2.20. The highest BCUT2D eigenvalue weighted by atomic mass is 35.5. The quantitative estimate of drug-likeness (QED) is 0.676. The number of aromatic nitrogens is 2. The van der Waals surface area contributed by atoms with Crippen molar-refractivity contribution in [2.24, 2.45) is 0 Å². The average Bonchev–Trinajstić information content (AvgIpc) is 2.58. The summed E-state index contributed by atoms with van der Waals surface area (Å²) >= 11 is 4.71. The molecule has 1 aromatic carbocycles. The molecule has 7 heteroatoms. The van der Waals surface area contributed by atoms with E-state index in [2.05, 4.69) is 9.97 Å². The van der Waals surface area contributed by atoms with Crippen LogP contribution in [-0.4, -0.2) is 20.9 Å². The van der Waals surface area contributed by atoms with Crippen LogP contribution < -0.4 is 0 Å². The fraction of sp³-hybridized carbons (Fsp3) is 0.222. The van der Waals surface area contributed by atoms with Gasteiger partial charge >= 0.3 is 5.25 Å². The van der Waals surface area contributed by atoms with E-state index >= 15 is 0 Å². The minimum atomic E-state index is -3.70. The fourth-order valence-corrected chi connectivity index (χ4v) is 1.94. The molecular weight excluding hydrogens is 261 g/mol. The Bertz CT molecular complexity index is 467. The van der Waals surface area contributed by atoms with Gasteiger partial charge in [0, 0.05) is 0 Å². The molecule has 2 rings (SSSR count). The second kappa shape index (κ2) is 4.18. The van der Waals surface area contributed by atoms with Gasteiger partial charge in [-0.15, -0.1) is 0 Å². The first-order chi connectivity index (χ1) is 7.49. The van der Waals surface area contributed by atoms with E-state index < -0.39 is 10.9 Å². The van der Waals surface area contributed by atoms with E-state index in [0.717, 1.165) is 0 Å². The van der Waals surface area contributed by atoms with Crippen molar-refractivity contribution in [2.45, 2.75) is 16.0 Å². The summed E-state index contributed by atoms with van der Waals surface area (Å²) in [5.41, 5.74) is -1.58. The molecule has 0 spiro atoms. The van der Waals surface area contributed by atoms with Crippen LogP contribution in [0.2, 0.25) is 0 Å². The van der Waals surface area contributed by atoms with Crippen LogP contribution >= 0.6 is 23.4 Å². The van der Waals surface area contributed by atoms with E-state index in [1.165, 1.54) is 0 Å². The highest BCUT2D eigenvalue weighted by molar-refractivity contribution is 8.00. The van der Waals surface area contributed by atoms with Crippen LogP contribution in [0.15, 0.2) is 29.4 Å². The Morgan fingerprint density at radius 2 is 2.06 bits per heavy atom. The number of nitrogens with zero attached hydrogens (tertiary/aromatic N) is 1. The highest BCUT2D eigenvalue weighted by Crippen LogP contribution is 2.40. The van der Waals surface area contributed by atoms with Crippen LogP contribution in [-0.2, 0) is 0 Å². The van der Waals surface area contributed by atoms with Crippen molar-refractivity contribution in [3.8, 4) is 0 Å². The Kier molecular flexibility index (Phi) is 3.03. The zero-order chi connectivity index (χ0) is 11.8. The molecule has 1 atom stereocenters. The van der Waals surface area contributed by atoms with Crippen molar-refractivity contribution in [1.82, 2.24) is 9.97 Å². The maximum Gasteiger partial charge on any atom is 0.345 e. The molecule has 0 saturated carbocycles. The topological polar surface area (TPSA) is 28.7 Å². The SMILES string of the molecule is FC(Cl)C(F)(F)Sc1nc2ccccc2[nH]1. The number of thioether (sulfide) groups is 1. The Balaban J connectivity index is 2.28. The van der Waals surface area contributed by atoms with Gasteiger partial charge in [0.15, 0.2) is 5.16 Å². The molecule has 16 heavy (non-hydrogen) atoms. The van der Waals surface area contributed by atoms with Gasteiger partial charge in [0.05, 0.1) is 11.0 Å². The predicted octanol–water partition coefficient (Wildman–Crippen LogP) is 3.78. The predicted molar refractivity (Wildman–Crippen MR) is 57.6 cm³/mol. The smallest absolute Gasteiger partial charge is 0.333 e. The van der Waals surface area contributed by atoms with E-state index in [1.807, 2.05) is 0 Å². The minimum Gasteiger partial charge on any atom is -0.333 e. The number of alkyl halides is 4. The number of nitrogens with one attached hydrogen (secondary N) is 1. The summed E-state index contributed by atoms with van der Waals surface area (Å²) in [5.74, 6) is 0. The summed E-state index contributed by atoms with van der Waals surface area (Å²) in [4.78, 5) is 6.54. The normalized spacial score (nSPS) is 14.2. The van der Waals surface area contributed by atoms with Crippen molar-refractivity contribution < 1.29 is 13.2 Å². The Hall–Kier alpha value is -0.880. The molecule has 2 nitrogen and oxygen atoms in total. The van der Waals surface area contributed by atoms with Gasteiger partial charge in [-0.1, -0.05) is 23.7 Å². The largest absolute Gasteiger partial charge is 0.345 e. The molecule has 1 N–H and O–H groups in total. The Morgan fingerprint density at radius 3 is 2.69 bits per heavy atom. The molecule has 0 fully saturated rings. The third-order valence-corrected chi connectivity index (χ3v) is 3.12. The first-order valence-corrected chi connectivity index (χ1v) is 5.54. The second-order valence-electron chi connectivity index (χ2n) is 3.02. The van der Waals surface area contributed by atoms with Gasteiger partial charge in [0.1, 0.15) is 0 Å². The number of hydrogen-bond donors (Lipinski definition) is 1. The zero-order valence-corrected chi connectivity index (χ0v) is 9.33. The monoisotopic (exact) mass is 266 g/mol. The van der Waals surface area contributed by atoms with E-state index in [4.69, 9.17) is 11.6 Å². The third kappa shape index (κ3) is 2.27. The molecule has 1 unspecified atom stereocenters. The molecule has 86 valence electrons. The molecule has 0 bridgehead atoms. The number of para-hydroxylation sites is 2. The average molecular weight is 267 g/mol. The zero-order valence-electron chi connectivity index (χ0n) is 7.75. The second-order valence-corrected chi connectivity index (χ2v) is 4.54. The number of imidazole rings is 1. The minimum absolute atomic E-state index is 0.0272. The molecular formula is C9H6ClF3N2S. The maximum atomic E-state index is 13.0. The summed E-state index contributed by atoms with van der Waals surface area (Å²) in [6.45, 7) is 0. The van der Waals surface area contributed by atoms with Gasteiger partial charge in [-0.3, -0.25) is 0 Å². The first kappa shape index (κ1) is 11.6. The number of fused-ring (bicyclic) bond motifs is 1. The Labute approximate surface area is 98.2 Å². The van der Waals surface area contributed by atoms with E-state index in [1.54, 1.807) is 24.3 Å². The van der Waals surface area contributed by atoms with Crippen molar-refractivity contribution >= 4 is 34.4 Å². The summed E-state index contributed by atoms with van der Waals surface area (Å²) < 4.78 is 38.3. The Morgan fingerprint density at radius 1 is 1.38 bits per heavy atom. The number of hydrogen-bond acceptors (Lipinski definition) is 2. The van der Waals surface area contributed by atoms with Gasteiger partial charge in [0.2, 0.25) is 5.63 Å². The molecule has 1 aromatic heterocycles. The highest BCUT2D eigenvalue weighted by Gasteiger charge is 2.41. The number of halogens is 4. The van der Waals surface area contributed by atoms with E-state index in [9.17, 15) is 13.2 Å². The van der Waals surface area contributed by atoms with Crippen LogP contribution in [0.1, 0.15) is 0 Å². The van der Waals surface area contributed by atoms with Crippen LogP contribution in [0.25, 0.3) is 11.0 Å². The summed E-state index contributed by atoms with van der Waals surface area (Å²) in [6, 6.07) is 6.84. The molecule has 0 radical (unpaired) electrons.